The van der Waals surface area contributed by atoms with Gasteiger partial charge >= 0.3 is 6.09 Å². The number of piperazine rings is 1. The second-order valence-corrected chi connectivity index (χ2v) is 6.90. The molecule has 1 aromatic heterocycles. The number of hydrogen-bond donors (Lipinski definition) is 1. The molecule has 7 heteroatoms. The first-order valence-corrected chi connectivity index (χ1v) is 8.68. The Morgan fingerprint density at radius 3 is 2.96 bits per heavy atom. The van der Waals surface area contributed by atoms with Crippen LogP contribution >= 0.6 is 0 Å². The number of hydrogen-bond acceptors (Lipinski definition) is 4. The summed E-state index contributed by atoms with van der Waals surface area (Å²) in [5.41, 5.74) is 4.40. The van der Waals surface area contributed by atoms with Gasteiger partial charge < -0.3 is 14.6 Å². The molecule has 2 aliphatic rings. The van der Waals surface area contributed by atoms with Crippen LogP contribution in [-0.2, 0) is 16.0 Å². The van der Waals surface area contributed by atoms with Gasteiger partial charge in [0.15, 0.2) is 0 Å². The highest BCUT2D eigenvalue weighted by Gasteiger charge is 2.38. The normalized spacial score (nSPS) is 20.1. The maximum absolute atomic E-state index is 12.5. The molecule has 3 heterocycles. The van der Waals surface area contributed by atoms with Gasteiger partial charge in [-0.05, 0) is 37.1 Å². The number of nitrogens with one attached hydrogen (secondary N) is 1. The third-order valence-electron chi connectivity index (χ3n) is 5.19. The Hall–Kier alpha value is -2.57. The number of H-pyrrole nitrogens is 1. The quantitative estimate of drug-likeness (QED) is 0.922. The predicted octanol–water partition coefficient (Wildman–Crippen LogP) is 1.78. The second kappa shape index (κ2) is 6.06. The molecule has 2 fully saturated rings. The highest BCUT2D eigenvalue weighted by molar-refractivity contribution is 5.79. The zero-order valence-corrected chi connectivity index (χ0v) is 14.5. The Labute approximate surface area is 146 Å². The minimum absolute atomic E-state index is 0.00218. The summed E-state index contributed by atoms with van der Waals surface area (Å²) in [4.78, 5) is 35.5. The maximum atomic E-state index is 12.5. The van der Waals surface area contributed by atoms with Crippen LogP contribution in [0.3, 0.4) is 0 Å². The molecule has 25 heavy (non-hydrogen) atoms. The summed E-state index contributed by atoms with van der Waals surface area (Å²) >= 11 is 0. The lowest BCUT2D eigenvalue weighted by atomic mass is 10.1. The molecule has 1 aromatic carbocycles. The van der Waals surface area contributed by atoms with Crippen LogP contribution in [0, 0.1) is 13.8 Å². The van der Waals surface area contributed by atoms with Crippen LogP contribution in [0.4, 0.5) is 4.79 Å². The molecule has 0 aliphatic carbocycles. The van der Waals surface area contributed by atoms with Gasteiger partial charge in [-0.3, -0.25) is 9.69 Å². The van der Waals surface area contributed by atoms with E-state index < -0.39 is 0 Å². The highest BCUT2D eigenvalue weighted by atomic mass is 16.6. The number of fused-ring (bicyclic) bond motifs is 2. The Balaban J connectivity index is 1.38. The van der Waals surface area contributed by atoms with Crippen molar-refractivity contribution < 1.29 is 14.3 Å². The first-order valence-electron chi connectivity index (χ1n) is 8.68. The molecule has 132 valence electrons. The Morgan fingerprint density at radius 1 is 1.32 bits per heavy atom. The van der Waals surface area contributed by atoms with E-state index in [4.69, 9.17) is 4.74 Å². The van der Waals surface area contributed by atoms with Gasteiger partial charge in [0.2, 0.25) is 5.91 Å². The fourth-order valence-electron chi connectivity index (χ4n) is 3.54. The van der Waals surface area contributed by atoms with E-state index in [-0.39, 0.29) is 18.0 Å². The third kappa shape index (κ3) is 2.94. The van der Waals surface area contributed by atoms with E-state index in [2.05, 4.69) is 35.9 Å². The summed E-state index contributed by atoms with van der Waals surface area (Å²) in [5, 5.41) is 0. The van der Waals surface area contributed by atoms with E-state index in [1.807, 2.05) is 4.90 Å². The minimum Gasteiger partial charge on any atom is -0.447 e. The van der Waals surface area contributed by atoms with Crippen LogP contribution in [-0.4, -0.2) is 64.1 Å². The van der Waals surface area contributed by atoms with Crippen LogP contribution < -0.4 is 0 Å². The average molecular weight is 342 g/mol. The van der Waals surface area contributed by atoms with E-state index in [9.17, 15) is 9.59 Å². The number of benzene rings is 1. The van der Waals surface area contributed by atoms with Gasteiger partial charge in [-0.15, -0.1) is 0 Å². The molecule has 0 unspecified atom stereocenters. The molecule has 2 amide bonds. The number of rotatable bonds is 3. The Morgan fingerprint density at radius 2 is 2.12 bits per heavy atom. The third-order valence-corrected chi connectivity index (χ3v) is 5.19. The summed E-state index contributed by atoms with van der Waals surface area (Å²) in [5.74, 6) is 0.943. The van der Waals surface area contributed by atoms with Crippen molar-refractivity contribution in [1.82, 2.24) is 19.8 Å². The number of aryl methyl sites for hydroxylation is 3. The largest absolute Gasteiger partial charge is 0.447 e. The fourth-order valence-corrected chi connectivity index (χ4v) is 3.54. The van der Waals surface area contributed by atoms with Gasteiger partial charge in [-0.25, -0.2) is 9.78 Å². The van der Waals surface area contributed by atoms with Crippen molar-refractivity contribution in [3.63, 3.8) is 0 Å². The summed E-state index contributed by atoms with van der Waals surface area (Å²) in [7, 11) is 0. The number of ether oxygens (including phenoxy) is 1. The van der Waals surface area contributed by atoms with Crippen LogP contribution in [0.5, 0.6) is 0 Å². The average Bonchev–Trinajstić information content (AvgIpc) is 3.16. The number of carbonyl (C=O) groups is 2. The van der Waals surface area contributed by atoms with Crippen molar-refractivity contribution in [3.8, 4) is 0 Å². The van der Waals surface area contributed by atoms with E-state index in [1.165, 1.54) is 11.1 Å². The second-order valence-electron chi connectivity index (χ2n) is 6.90. The molecule has 0 spiro atoms. The molecule has 4 rings (SSSR count). The fraction of sp³-hybridized carbons (Fsp3) is 0.500. The molecule has 1 atom stereocenters. The number of aromatic nitrogens is 2. The Kier molecular flexibility index (Phi) is 3.86. The predicted molar refractivity (Wildman–Crippen MR) is 92.3 cm³/mol. The van der Waals surface area contributed by atoms with Gasteiger partial charge in [-0.1, -0.05) is 0 Å². The highest BCUT2D eigenvalue weighted by Crippen LogP contribution is 2.20. The van der Waals surface area contributed by atoms with Crippen LogP contribution in [0.25, 0.3) is 11.0 Å². The number of imidazole rings is 1. The van der Waals surface area contributed by atoms with Crippen LogP contribution in [0.15, 0.2) is 12.1 Å². The molecule has 2 aromatic rings. The molecule has 0 radical (unpaired) electrons. The van der Waals surface area contributed by atoms with Crippen molar-refractivity contribution in [2.75, 3.05) is 26.2 Å². The van der Waals surface area contributed by atoms with Crippen molar-refractivity contribution in [2.45, 2.75) is 32.7 Å². The van der Waals surface area contributed by atoms with E-state index in [0.29, 0.717) is 39.1 Å². The first-order chi connectivity index (χ1) is 12.0. The van der Waals surface area contributed by atoms with Gasteiger partial charge in [0.05, 0.1) is 17.1 Å². The topological polar surface area (TPSA) is 78.5 Å². The van der Waals surface area contributed by atoms with E-state index >= 15 is 0 Å². The molecule has 1 N–H and O–H groups in total. The SMILES string of the molecule is Cc1cc2nc(CCC(=O)N3CCN4C(=O)OC[C@@H]4C3)[nH]c2cc1C. The summed E-state index contributed by atoms with van der Waals surface area (Å²) in [6.45, 7) is 6.22. The number of cyclic esters (lactones) is 1. The zero-order valence-electron chi connectivity index (χ0n) is 14.5. The number of carbonyl (C=O) groups excluding carboxylic acids is 2. The van der Waals surface area contributed by atoms with Crippen molar-refractivity contribution in [3.05, 3.63) is 29.1 Å². The standard InChI is InChI=1S/C18H22N4O3/c1-11-7-14-15(8-12(11)2)20-16(19-14)3-4-17(23)21-5-6-22-13(9-21)10-25-18(22)24/h7-8,13H,3-6,9-10H2,1-2H3,(H,19,20)/t13-/m0/s1. The summed E-state index contributed by atoms with van der Waals surface area (Å²) in [6, 6.07) is 4.17. The van der Waals surface area contributed by atoms with E-state index in [0.717, 1.165) is 16.9 Å². The van der Waals surface area contributed by atoms with Crippen molar-refractivity contribution >= 4 is 23.0 Å². The van der Waals surface area contributed by atoms with Crippen LogP contribution in [0.1, 0.15) is 23.4 Å². The van der Waals surface area contributed by atoms with Gasteiger partial charge in [0.25, 0.3) is 0 Å². The molecule has 7 nitrogen and oxygen atoms in total. The van der Waals surface area contributed by atoms with Gasteiger partial charge in [0, 0.05) is 32.5 Å². The molecule has 2 saturated heterocycles. The maximum Gasteiger partial charge on any atom is 0.410 e. The lowest BCUT2D eigenvalue weighted by molar-refractivity contribution is -0.133. The van der Waals surface area contributed by atoms with Crippen molar-refractivity contribution in [1.29, 1.82) is 0 Å². The summed E-state index contributed by atoms with van der Waals surface area (Å²) < 4.78 is 5.04. The molecular weight excluding hydrogens is 320 g/mol. The Bertz CT molecular complexity index is 805. The molecule has 0 saturated carbocycles. The first kappa shape index (κ1) is 15.9. The zero-order chi connectivity index (χ0) is 17.6. The summed E-state index contributed by atoms with van der Waals surface area (Å²) in [6.07, 6.45) is 0.746. The number of nitrogens with zero attached hydrogens (tertiary/aromatic N) is 3. The van der Waals surface area contributed by atoms with Gasteiger partial charge in [0.1, 0.15) is 12.4 Å². The monoisotopic (exact) mass is 342 g/mol. The van der Waals surface area contributed by atoms with Gasteiger partial charge in [-0.2, -0.15) is 0 Å². The minimum atomic E-state index is -0.259. The van der Waals surface area contributed by atoms with E-state index in [1.54, 1.807) is 4.90 Å². The smallest absolute Gasteiger partial charge is 0.410 e. The number of aromatic amines is 1. The lowest BCUT2D eigenvalue weighted by Gasteiger charge is -2.35. The van der Waals surface area contributed by atoms with Crippen molar-refractivity contribution in [2.24, 2.45) is 0 Å². The molecule has 2 aliphatic heterocycles. The lowest BCUT2D eigenvalue weighted by Crippen LogP contribution is -2.53. The molecule has 0 bridgehead atoms. The van der Waals surface area contributed by atoms with Crippen LogP contribution in [0.2, 0.25) is 0 Å². The molecular formula is C18H22N4O3. The number of amides is 2.